The predicted molar refractivity (Wildman–Crippen MR) is 106 cm³/mol. The second-order valence-electron chi connectivity index (χ2n) is 6.11. The van der Waals surface area contributed by atoms with E-state index in [9.17, 15) is 14.4 Å². The molecule has 0 unspecified atom stereocenters. The quantitative estimate of drug-likeness (QED) is 0.572. The van der Waals surface area contributed by atoms with Gasteiger partial charge in [-0.1, -0.05) is 41.9 Å². The molecule has 0 radical (unpaired) electrons. The number of nitrogens with zero attached hydrogens (tertiary/aromatic N) is 1. The third-order valence-electron chi connectivity index (χ3n) is 4.24. The van der Waals surface area contributed by atoms with Gasteiger partial charge in [0.05, 0.1) is 12.2 Å². The summed E-state index contributed by atoms with van der Waals surface area (Å²) in [5.74, 6) is -1.42. The van der Waals surface area contributed by atoms with Gasteiger partial charge in [-0.05, 0) is 43.2 Å². The highest BCUT2D eigenvalue weighted by Gasteiger charge is 2.37. The Bertz CT molecular complexity index is 923. The second kappa shape index (κ2) is 8.71. The Hall–Kier alpha value is -3.12. The normalized spacial score (nSPS) is 13.9. The molecule has 0 aliphatic carbocycles. The molecule has 0 bridgehead atoms. The third-order valence-corrected chi connectivity index (χ3v) is 4.59. The van der Waals surface area contributed by atoms with Gasteiger partial charge in [-0.15, -0.1) is 0 Å². The number of hydrogen-bond acceptors (Lipinski definition) is 5. The molecule has 1 N–H and O–H groups in total. The molecule has 144 valence electrons. The highest BCUT2D eigenvalue weighted by Crippen LogP contribution is 2.26. The maximum Gasteiger partial charge on any atom is 0.338 e. The van der Waals surface area contributed by atoms with Crippen molar-refractivity contribution in [3.05, 3.63) is 76.5 Å². The number of carbonyl (C=O) groups is 3. The number of hydrogen-bond donors (Lipinski definition) is 1. The number of esters is 1. The van der Waals surface area contributed by atoms with Gasteiger partial charge in [-0.25, -0.2) is 4.79 Å². The van der Waals surface area contributed by atoms with E-state index < -0.39 is 17.8 Å². The Morgan fingerprint density at radius 2 is 1.71 bits per heavy atom. The molecule has 0 atom stereocenters. The lowest BCUT2D eigenvalue weighted by atomic mass is 10.1. The monoisotopic (exact) mass is 398 g/mol. The van der Waals surface area contributed by atoms with Crippen molar-refractivity contribution < 1.29 is 19.1 Å². The van der Waals surface area contributed by atoms with Gasteiger partial charge in [-0.3, -0.25) is 14.5 Å². The van der Waals surface area contributed by atoms with Crippen LogP contribution in [0.4, 0.5) is 5.69 Å². The van der Waals surface area contributed by atoms with Crippen molar-refractivity contribution >= 4 is 35.1 Å². The minimum atomic E-state index is -0.520. The van der Waals surface area contributed by atoms with Crippen LogP contribution in [0, 0.1) is 0 Å². The maximum atomic E-state index is 12.6. The number of benzene rings is 2. The Balaban J connectivity index is 1.67. The minimum Gasteiger partial charge on any atom is -0.462 e. The number of imide groups is 1. The SMILES string of the molecule is CCOC(=O)c1ccc(NC2=C(Cl)C(=O)N(CCc3ccccc3)C2=O)cc1. The molecule has 3 rings (SSSR count). The van der Waals surface area contributed by atoms with Crippen LogP contribution in [-0.4, -0.2) is 35.8 Å². The number of rotatable bonds is 7. The van der Waals surface area contributed by atoms with Gasteiger partial charge >= 0.3 is 5.97 Å². The number of amides is 2. The van der Waals surface area contributed by atoms with Crippen molar-refractivity contribution in [2.45, 2.75) is 13.3 Å². The summed E-state index contributed by atoms with van der Waals surface area (Å²) in [5, 5.41) is 2.73. The van der Waals surface area contributed by atoms with E-state index in [1.807, 2.05) is 30.3 Å². The highest BCUT2D eigenvalue weighted by atomic mass is 35.5. The molecule has 2 aromatic rings. The van der Waals surface area contributed by atoms with Gasteiger partial charge in [-0.2, -0.15) is 0 Å². The predicted octanol–water partition coefficient (Wildman–Crippen LogP) is 3.34. The van der Waals surface area contributed by atoms with Gasteiger partial charge in [0, 0.05) is 12.2 Å². The first-order chi connectivity index (χ1) is 13.5. The molecule has 1 aliphatic heterocycles. The smallest absolute Gasteiger partial charge is 0.338 e. The Kier molecular flexibility index (Phi) is 6.11. The van der Waals surface area contributed by atoms with Crippen molar-refractivity contribution in [1.29, 1.82) is 0 Å². The first-order valence-electron chi connectivity index (χ1n) is 8.85. The zero-order chi connectivity index (χ0) is 20.1. The van der Waals surface area contributed by atoms with Crippen molar-refractivity contribution in [1.82, 2.24) is 4.90 Å². The lowest BCUT2D eigenvalue weighted by Gasteiger charge is -2.15. The molecule has 7 heteroatoms. The largest absolute Gasteiger partial charge is 0.462 e. The summed E-state index contributed by atoms with van der Waals surface area (Å²) in [5.41, 5.74) is 1.98. The molecule has 1 heterocycles. The van der Waals surface area contributed by atoms with Crippen LogP contribution in [-0.2, 0) is 20.7 Å². The Morgan fingerprint density at radius 3 is 2.36 bits per heavy atom. The average molecular weight is 399 g/mol. The van der Waals surface area contributed by atoms with E-state index in [0.717, 1.165) is 10.5 Å². The standard InChI is InChI=1S/C21H19ClN2O4/c1-2-28-21(27)15-8-10-16(11-9-15)23-18-17(22)19(25)24(20(18)26)13-12-14-6-4-3-5-7-14/h3-11,23H,2,12-13H2,1H3. The average Bonchev–Trinajstić information content (AvgIpc) is 2.91. The van der Waals surface area contributed by atoms with Crippen molar-refractivity contribution in [2.75, 3.05) is 18.5 Å². The molecule has 2 amide bonds. The van der Waals surface area contributed by atoms with Gasteiger partial charge in [0.15, 0.2) is 0 Å². The molecule has 1 aliphatic rings. The summed E-state index contributed by atoms with van der Waals surface area (Å²) in [6.07, 6.45) is 0.546. The number of anilines is 1. The van der Waals surface area contributed by atoms with Crippen molar-refractivity contribution in [3.63, 3.8) is 0 Å². The first-order valence-corrected chi connectivity index (χ1v) is 9.23. The second-order valence-corrected chi connectivity index (χ2v) is 6.49. The Morgan fingerprint density at radius 1 is 1.04 bits per heavy atom. The molecule has 0 aromatic heterocycles. The van der Waals surface area contributed by atoms with Gasteiger partial charge in [0.2, 0.25) is 0 Å². The fraction of sp³-hybridized carbons (Fsp3) is 0.190. The molecular formula is C21H19ClN2O4. The first kappa shape index (κ1) is 19.6. The van der Waals surface area contributed by atoms with E-state index >= 15 is 0 Å². The summed E-state index contributed by atoms with van der Waals surface area (Å²) in [6.45, 7) is 2.26. The lowest BCUT2D eigenvalue weighted by molar-refractivity contribution is -0.137. The molecule has 0 spiro atoms. The fourth-order valence-electron chi connectivity index (χ4n) is 2.79. The highest BCUT2D eigenvalue weighted by molar-refractivity contribution is 6.48. The molecule has 0 saturated carbocycles. The zero-order valence-electron chi connectivity index (χ0n) is 15.3. The number of nitrogens with one attached hydrogen (secondary N) is 1. The van der Waals surface area contributed by atoms with Gasteiger partial charge < -0.3 is 10.1 Å². The summed E-state index contributed by atoms with van der Waals surface area (Å²) < 4.78 is 4.93. The molecule has 2 aromatic carbocycles. The molecule has 28 heavy (non-hydrogen) atoms. The minimum absolute atomic E-state index is 0.0311. The van der Waals surface area contributed by atoms with Crippen LogP contribution in [0.15, 0.2) is 65.3 Å². The van der Waals surface area contributed by atoms with Crippen LogP contribution in [0.5, 0.6) is 0 Å². The maximum absolute atomic E-state index is 12.6. The van der Waals surface area contributed by atoms with E-state index in [-0.39, 0.29) is 23.9 Å². The van der Waals surface area contributed by atoms with E-state index in [1.54, 1.807) is 31.2 Å². The lowest BCUT2D eigenvalue weighted by Crippen LogP contribution is -2.34. The topological polar surface area (TPSA) is 75.7 Å². The molecule has 6 nitrogen and oxygen atoms in total. The summed E-state index contributed by atoms with van der Waals surface area (Å²) in [7, 11) is 0. The van der Waals surface area contributed by atoms with E-state index in [4.69, 9.17) is 16.3 Å². The van der Waals surface area contributed by atoms with Crippen LogP contribution in [0.3, 0.4) is 0 Å². The number of ether oxygens (including phenoxy) is 1. The molecular weight excluding hydrogens is 380 g/mol. The molecule has 0 saturated heterocycles. The number of carbonyl (C=O) groups excluding carboxylic acids is 3. The number of halogens is 1. The van der Waals surface area contributed by atoms with Crippen LogP contribution in [0.25, 0.3) is 0 Å². The summed E-state index contributed by atoms with van der Waals surface area (Å²) in [6, 6.07) is 16.0. The van der Waals surface area contributed by atoms with Gasteiger partial charge in [0.1, 0.15) is 10.7 Å². The summed E-state index contributed by atoms with van der Waals surface area (Å²) in [4.78, 5) is 37.8. The molecule has 0 fully saturated rings. The van der Waals surface area contributed by atoms with Crippen LogP contribution in [0.2, 0.25) is 0 Å². The van der Waals surface area contributed by atoms with Crippen LogP contribution >= 0.6 is 11.6 Å². The van der Waals surface area contributed by atoms with E-state index in [0.29, 0.717) is 17.7 Å². The third kappa shape index (κ3) is 4.23. The van der Waals surface area contributed by atoms with Crippen LogP contribution < -0.4 is 5.32 Å². The van der Waals surface area contributed by atoms with Crippen LogP contribution in [0.1, 0.15) is 22.8 Å². The summed E-state index contributed by atoms with van der Waals surface area (Å²) >= 11 is 6.10. The van der Waals surface area contributed by atoms with Crippen molar-refractivity contribution in [3.8, 4) is 0 Å². The Labute approximate surface area is 167 Å². The van der Waals surface area contributed by atoms with Gasteiger partial charge in [0.25, 0.3) is 11.8 Å². The van der Waals surface area contributed by atoms with E-state index in [2.05, 4.69) is 5.32 Å². The fourth-order valence-corrected chi connectivity index (χ4v) is 3.02. The zero-order valence-corrected chi connectivity index (χ0v) is 16.0. The van der Waals surface area contributed by atoms with E-state index in [1.165, 1.54) is 0 Å². The van der Waals surface area contributed by atoms with Crippen molar-refractivity contribution in [2.24, 2.45) is 0 Å².